The molecule has 4 heteroatoms. The van der Waals surface area contributed by atoms with Gasteiger partial charge in [-0.2, -0.15) is 0 Å². The van der Waals surface area contributed by atoms with Gasteiger partial charge in [-0.05, 0) is 30.8 Å². The molecule has 3 rings (SSSR count). The van der Waals surface area contributed by atoms with E-state index in [4.69, 9.17) is 9.15 Å². The van der Waals surface area contributed by atoms with Crippen LogP contribution in [0.4, 0.5) is 0 Å². The number of nitrogens with one attached hydrogen (secondary N) is 1. The van der Waals surface area contributed by atoms with Crippen LogP contribution < -0.4 is 10.1 Å². The van der Waals surface area contributed by atoms with Crippen molar-refractivity contribution < 1.29 is 9.15 Å². The number of fused-ring (bicyclic) bond motifs is 1. The largest absolute Gasteiger partial charge is 0.483 e. The lowest BCUT2D eigenvalue weighted by atomic mass is 10.2. The first kappa shape index (κ1) is 13.6. The summed E-state index contributed by atoms with van der Waals surface area (Å²) in [5.74, 6) is 2.51. The fraction of sp³-hybridized carbons (Fsp3) is 0.235. The molecular weight excluding hydrogens is 264 g/mol. The number of benzene rings is 1. The zero-order chi connectivity index (χ0) is 14.5. The van der Waals surface area contributed by atoms with E-state index < -0.39 is 0 Å². The fourth-order valence-electron chi connectivity index (χ4n) is 2.18. The molecule has 0 bridgehead atoms. The van der Waals surface area contributed by atoms with Crippen LogP contribution in [0.2, 0.25) is 0 Å². The first-order valence-corrected chi connectivity index (χ1v) is 7.11. The first-order valence-electron chi connectivity index (χ1n) is 7.11. The third-order valence-corrected chi connectivity index (χ3v) is 3.23. The number of para-hydroxylation sites is 1. The van der Waals surface area contributed by atoms with Crippen molar-refractivity contribution in [3.05, 3.63) is 60.2 Å². The highest BCUT2D eigenvalue weighted by atomic mass is 16.5. The lowest BCUT2D eigenvalue weighted by molar-refractivity contribution is 0.267. The van der Waals surface area contributed by atoms with Crippen molar-refractivity contribution in [3.63, 3.8) is 0 Å². The number of hydrogen-bond donors (Lipinski definition) is 1. The van der Waals surface area contributed by atoms with Gasteiger partial charge in [0.25, 0.3) is 0 Å². The van der Waals surface area contributed by atoms with Crippen LogP contribution in [0.5, 0.6) is 5.75 Å². The molecule has 1 aromatic carbocycles. The lowest BCUT2D eigenvalue weighted by Crippen LogP contribution is -2.10. The first-order chi connectivity index (χ1) is 10.4. The molecular formula is C17H18N2O2. The molecule has 4 nitrogen and oxygen atoms in total. The molecule has 108 valence electrons. The van der Waals surface area contributed by atoms with Gasteiger partial charge < -0.3 is 14.5 Å². The van der Waals surface area contributed by atoms with Crippen LogP contribution in [0.1, 0.15) is 18.4 Å². The Labute approximate surface area is 123 Å². The highest BCUT2D eigenvalue weighted by molar-refractivity contribution is 5.84. The predicted molar refractivity (Wildman–Crippen MR) is 82.2 cm³/mol. The molecule has 0 spiro atoms. The van der Waals surface area contributed by atoms with E-state index in [9.17, 15) is 0 Å². The van der Waals surface area contributed by atoms with Gasteiger partial charge in [0.1, 0.15) is 29.4 Å². The maximum Gasteiger partial charge on any atom is 0.146 e. The second-order valence-corrected chi connectivity index (χ2v) is 4.77. The quantitative estimate of drug-likeness (QED) is 0.751. The Kier molecular flexibility index (Phi) is 4.17. The van der Waals surface area contributed by atoms with Crippen molar-refractivity contribution in [1.82, 2.24) is 10.3 Å². The van der Waals surface area contributed by atoms with Crippen molar-refractivity contribution in [2.45, 2.75) is 20.1 Å². The molecule has 0 saturated carbocycles. The number of furan rings is 1. The number of rotatable bonds is 6. The highest BCUT2D eigenvalue weighted by Gasteiger charge is 2.06. The molecule has 0 aliphatic rings. The maximum atomic E-state index is 5.85. The second kappa shape index (κ2) is 6.41. The van der Waals surface area contributed by atoms with Gasteiger partial charge in [0, 0.05) is 11.6 Å². The zero-order valence-electron chi connectivity index (χ0n) is 12.0. The third kappa shape index (κ3) is 3.23. The number of aromatic nitrogens is 1. The van der Waals surface area contributed by atoms with E-state index in [2.05, 4.69) is 17.2 Å². The summed E-state index contributed by atoms with van der Waals surface area (Å²) in [6.07, 6.45) is 1.77. The van der Waals surface area contributed by atoms with Crippen LogP contribution in [0.3, 0.4) is 0 Å². The van der Waals surface area contributed by atoms with Gasteiger partial charge in [0.2, 0.25) is 0 Å². The number of nitrogens with zero attached hydrogens (tertiary/aromatic N) is 1. The van der Waals surface area contributed by atoms with E-state index >= 15 is 0 Å². The van der Waals surface area contributed by atoms with Crippen LogP contribution in [0.15, 0.2) is 53.1 Å². The van der Waals surface area contributed by atoms with Crippen LogP contribution >= 0.6 is 0 Å². The monoisotopic (exact) mass is 282 g/mol. The van der Waals surface area contributed by atoms with Gasteiger partial charge in [-0.1, -0.05) is 25.1 Å². The molecule has 1 N–H and O–H groups in total. The maximum absolute atomic E-state index is 5.85. The molecule has 21 heavy (non-hydrogen) atoms. The van der Waals surface area contributed by atoms with Gasteiger partial charge >= 0.3 is 0 Å². The van der Waals surface area contributed by atoms with E-state index in [1.54, 1.807) is 6.20 Å². The van der Waals surface area contributed by atoms with E-state index in [1.165, 1.54) is 0 Å². The molecule has 0 saturated heterocycles. The van der Waals surface area contributed by atoms with Crippen molar-refractivity contribution in [2.75, 3.05) is 6.54 Å². The second-order valence-electron chi connectivity index (χ2n) is 4.77. The van der Waals surface area contributed by atoms with Crippen LogP contribution in [-0.2, 0) is 13.2 Å². The van der Waals surface area contributed by atoms with E-state index in [-0.39, 0.29) is 0 Å². The standard InChI is InChI=1S/C17H18N2O2/c1-2-18-11-14-8-9-15(21-14)12-20-16-7-3-5-13-6-4-10-19-17(13)16/h3-10,18H,2,11-12H2,1H3. The number of ether oxygens (including phenoxy) is 1. The molecule has 0 fully saturated rings. The SMILES string of the molecule is CCNCc1ccc(COc2cccc3cccnc23)o1. The van der Waals surface area contributed by atoms with Crippen LogP contribution in [-0.4, -0.2) is 11.5 Å². The number of pyridine rings is 1. The normalized spacial score (nSPS) is 10.9. The predicted octanol–water partition coefficient (Wildman–Crippen LogP) is 3.52. The Bertz CT molecular complexity index is 716. The van der Waals surface area contributed by atoms with Gasteiger partial charge in [-0.25, -0.2) is 0 Å². The Morgan fingerprint density at radius 1 is 1.10 bits per heavy atom. The van der Waals surface area contributed by atoms with Gasteiger partial charge in [0.05, 0.1) is 6.54 Å². The van der Waals surface area contributed by atoms with Crippen molar-refractivity contribution in [2.24, 2.45) is 0 Å². The molecule has 0 aliphatic heterocycles. The summed E-state index contributed by atoms with van der Waals surface area (Å²) < 4.78 is 11.6. The zero-order valence-corrected chi connectivity index (χ0v) is 12.0. The third-order valence-electron chi connectivity index (χ3n) is 3.23. The van der Waals surface area contributed by atoms with E-state index in [0.29, 0.717) is 6.61 Å². The minimum atomic E-state index is 0.405. The Morgan fingerprint density at radius 2 is 1.95 bits per heavy atom. The molecule has 3 aromatic rings. The van der Waals surface area contributed by atoms with Crippen molar-refractivity contribution >= 4 is 10.9 Å². The van der Waals surface area contributed by atoms with Crippen molar-refractivity contribution in [3.8, 4) is 5.75 Å². The summed E-state index contributed by atoms with van der Waals surface area (Å²) >= 11 is 0. The van der Waals surface area contributed by atoms with Gasteiger partial charge in [0.15, 0.2) is 0 Å². The summed E-state index contributed by atoms with van der Waals surface area (Å²) in [5.41, 5.74) is 0.874. The van der Waals surface area contributed by atoms with Gasteiger partial charge in [-0.3, -0.25) is 4.98 Å². The Morgan fingerprint density at radius 3 is 2.86 bits per heavy atom. The Hall–Kier alpha value is -2.33. The van der Waals surface area contributed by atoms with Crippen molar-refractivity contribution in [1.29, 1.82) is 0 Å². The highest BCUT2D eigenvalue weighted by Crippen LogP contribution is 2.24. The average molecular weight is 282 g/mol. The van der Waals surface area contributed by atoms with Crippen LogP contribution in [0.25, 0.3) is 10.9 Å². The molecule has 2 aromatic heterocycles. The summed E-state index contributed by atoms with van der Waals surface area (Å²) in [7, 11) is 0. The molecule has 0 amide bonds. The summed E-state index contributed by atoms with van der Waals surface area (Å²) in [5, 5.41) is 4.30. The summed E-state index contributed by atoms with van der Waals surface area (Å²) in [4.78, 5) is 4.37. The van der Waals surface area contributed by atoms with E-state index in [1.807, 2.05) is 42.5 Å². The minimum Gasteiger partial charge on any atom is -0.483 e. The molecule has 0 radical (unpaired) electrons. The summed E-state index contributed by atoms with van der Waals surface area (Å²) in [6.45, 7) is 4.14. The fourth-order valence-corrected chi connectivity index (χ4v) is 2.18. The molecule has 0 aliphatic carbocycles. The minimum absolute atomic E-state index is 0.405. The molecule has 0 unspecified atom stereocenters. The molecule has 0 atom stereocenters. The topological polar surface area (TPSA) is 47.3 Å². The molecule has 2 heterocycles. The smallest absolute Gasteiger partial charge is 0.146 e. The van der Waals surface area contributed by atoms with E-state index in [0.717, 1.165) is 41.3 Å². The Balaban J connectivity index is 1.70. The lowest BCUT2D eigenvalue weighted by Gasteiger charge is -2.07. The van der Waals surface area contributed by atoms with Gasteiger partial charge in [-0.15, -0.1) is 0 Å². The van der Waals surface area contributed by atoms with Crippen LogP contribution in [0, 0.1) is 0 Å². The summed E-state index contributed by atoms with van der Waals surface area (Å²) in [6, 6.07) is 13.8. The average Bonchev–Trinajstić information content (AvgIpc) is 2.99. The number of hydrogen-bond acceptors (Lipinski definition) is 4.